The zero-order valence-corrected chi connectivity index (χ0v) is 16.2. The molecule has 0 aromatic heterocycles. The third-order valence-electron chi connectivity index (χ3n) is 3.82. The number of hydrogen-bond acceptors (Lipinski definition) is 1. The van der Waals surface area contributed by atoms with Crippen LogP contribution in [0, 0.1) is 0 Å². The first kappa shape index (κ1) is 18.0. The Morgan fingerprint density at radius 2 is 1.57 bits per heavy atom. The topological polar surface area (TPSA) is 24.1 Å². The molecule has 2 rings (SSSR count). The number of halogens is 1. The maximum absolute atomic E-state index is 5.44. The third-order valence-corrected chi connectivity index (χ3v) is 4.57. The van der Waals surface area contributed by atoms with Gasteiger partial charge >= 0.3 is 0 Å². The van der Waals surface area contributed by atoms with Crippen molar-refractivity contribution >= 4 is 38.9 Å². The van der Waals surface area contributed by atoms with E-state index in [1.807, 2.05) is 24.3 Å². The van der Waals surface area contributed by atoms with Crippen molar-refractivity contribution < 1.29 is 0 Å². The molecule has 0 aliphatic rings. The molecule has 0 bridgehead atoms. The fraction of sp³-hybridized carbons (Fsp3) is 0.316. The number of rotatable bonds is 5. The number of hydrogen-bond donors (Lipinski definition) is 2. The summed E-state index contributed by atoms with van der Waals surface area (Å²) in [5.41, 5.74) is 3.60. The van der Waals surface area contributed by atoms with Crippen LogP contribution in [0.4, 0.5) is 5.69 Å². The van der Waals surface area contributed by atoms with Crippen molar-refractivity contribution in [3.05, 3.63) is 64.1 Å². The largest absolute Gasteiger partial charge is 0.356 e. The number of benzene rings is 2. The molecule has 2 aromatic carbocycles. The molecule has 0 spiro atoms. The molecule has 2 N–H and O–H groups in total. The summed E-state index contributed by atoms with van der Waals surface area (Å²) in [7, 11) is 0. The maximum atomic E-state index is 5.44. The Hall–Kier alpha value is -1.39. The first-order valence-electron chi connectivity index (χ1n) is 7.92. The normalized spacial score (nSPS) is 12.0. The Labute approximate surface area is 152 Å². The molecular formula is C19H23BrN2S. The highest BCUT2D eigenvalue weighted by atomic mass is 79.9. The Kier molecular flexibility index (Phi) is 6.60. The van der Waals surface area contributed by atoms with Gasteiger partial charge in [-0.2, -0.15) is 0 Å². The van der Waals surface area contributed by atoms with E-state index in [0.29, 0.717) is 11.0 Å². The van der Waals surface area contributed by atoms with Crippen LogP contribution < -0.4 is 10.6 Å². The zero-order valence-electron chi connectivity index (χ0n) is 13.8. The summed E-state index contributed by atoms with van der Waals surface area (Å²) in [6.07, 6.45) is 0.975. The molecule has 4 heteroatoms. The summed E-state index contributed by atoms with van der Waals surface area (Å²) in [5.74, 6) is 0.553. The second-order valence-corrected chi connectivity index (χ2v) is 7.21. The molecule has 23 heavy (non-hydrogen) atoms. The van der Waals surface area contributed by atoms with Gasteiger partial charge in [-0.3, -0.25) is 0 Å². The lowest BCUT2D eigenvalue weighted by Crippen LogP contribution is -2.32. The molecule has 0 heterocycles. The van der Waals surface area contributed by atoms with E-state index in [0.717, 1.165) is 16.6 Å². The average Bonchev–Trinajstić information content (AvgIpc) is 2.55. The molecule has 0 saturated carbocycles. The van der Waals surface area contributed by atoms with Gasteiger partial charge in [-0.05, 0) is 59.9 Å². The predicted molar refractivity (Wildman–Crippen MR) is 107 cm³/mol. The molecule has 0 radical (unpaired) electrons. The van der Waals surface area contributed by atoms with E-state index >= 15 is 0 Å². The Morgan fingerprint density at radius 1 is 1.00 bits per heavy atom. The highest BCUT2D eigenvalue weighted by molar-refractivity contribution is 9.10. The molecule has 1 atom stereocenters. The van der Waals surface area contributed by atoms with E-state index in [1.54, 1.807) is 0 Å². The zero-order chi connectivity index (χ0) is 16.8. The molecule has 0 fully saturated rings. The minimum Gasteiger partial charge on any atom is -0.356 e. The van der Waals surface area contributed by atoms with Gasteiger partial charge in [0.1, 0.15) is 0 Å². The predicted octanol–water partition coefficient (Wildman–Crippen LogP) is 6.01. The van der Waals surface area contributed by atoms with Crippen LogP contribution in [0.3, 0.4) is 0 Å². The summed E-state index contributed by atoms with van der Waals surface area (Å²) in [6.45, 7) is 6.58. The number of anilines is 1. The molecule has 2 aromatic rings. The summed E-state index contributed by atoms with van der Waals surface area (Å²) >= 11 is 8.88. The quantitative estimate of drug-likeness (QED) is 0.611. The lowest BCUT2D eigenvalue weighted by molar-refractivity contribution is 0.628. The molecule has 0 aliphatic carbocycles. The summed E-state index contributed by atoms with van der Waals surface area (Å²) < 4.78 is 1.05. The number of thiocarbonyl (C=S) groups is 1. The Morgan fingerprint density at radius 3 is 2.09 bits per heavy atom. The van der Waals surface area contributed by atoms with Crippen LogP contribution in [0.15, 0.2) is 53.0 Å². The standard InChI is InChI=1S/C19H23BrN2S/c1-4-18(15-7-5-14(6-8-15)13(2)3)22-19(23)21-17-11-9-16(20)10-12-17/h5-13,18H,4H2,1-3H3,(H2,21,22,23). The lowest BCUT2D eigenvalue weighted by Gasteiger charge is -2.20. The number of nitrogens with one attached hydrogen (secondary N) is 2. The van der Waals surface area contributed by atoms with Crippen molar-refractivity contribution in [3.8, 4) is 0 Å². The van der Waals surface area contributed by atoms with Gasteiger partial charge in [0.2, 0.25) is 0 Å². The minimum absolute atomic E-state index is 0.215. The first-order chi connectivity index (χ1) is 11.0. The Bertz CT molecular complexity index is 635. The third kappa shape index (κ3) is 5.33. The van der Waals surface area contributed by atoms with Gasteiger partial charge < -0.3 is 10.6 Å². The van der Waals surface area contributed by atoms with Crippen molar-refractivity contribution in [2.45, 2.75) is 39.2 Å². The van der Waals surface area contributed by atoms with Crippen LogP contribution in [0.1, 0.15) is 50.3 Å². The molecule has 1 unspecified atom stereocenters. The van der Waals surface area contributed by atoms with E-state index in [-0.39, 0.29) is 6.04 Å². The van der Waals surface area contributed by atoms with Crippen LogP contribution in [0.5, 0.6) is 0 Å². The lowest BCUT2D eigenvalue weighted by atomic mass is 9.98. The van der Waals surface area contributed by atoms with Crippen molar-refractivity contribution in [2.75, 3.05) is 5.32 Å². The van der Waals surface area contributed by atoms with Crippen molar-refractivity contribution in [1.82, 2.24) is 5.32 Å². The Balaban J connectivity index is 2.00. The summed E-state index contributed by atoms with van der Waals surface area (Å²) in [6, 6.07) is 17.0. The average molecular weight is 391 g/mol. The van der Waals surface area contributed by atoms with Crippen LogP contribution in [-0.2, 0) is 0 Å². The van der Waals surface area contributed by atoms with Crippen molar-refractivity contribution in [1.29, 1.82) is 0 Å². The van der Waals surface area contributed by atoms with E-state index in [4.69, 9.17) is 12.2 Å². The van der Waals surface area contributed by atoms with Gasteiger partial charge in [0.05, 0.1) is 6.04 Å². The van der Waals surface area contributed by atoms with Crippen molar-refractivity contribution in [2.24, 2.45) is 0 Å². The second kappa shape index (κ2) is 8.46. The van der Waals surface area contributed by atoms with E-state index < -0.39 is 0 Å². The molecule has 2 nitrogen and oxygen atoms in total. The van der Waals surface area contributed by atoms with E-state index in [2.05, 4.69) is 71.6 Å². The van der Waals surface area contributed by atoms with Gasteiger partial charge in [0.15, 0.2) is 5.11 Å². The molecule has 0 saturated heterocycles. The van der Waals surface area contributed by atoms with E-state index in [9.17, 15) is 0 Å². The fourth-order valence-corrected chi connectivity index (χ4v) is 2.92. The summed E-state index contributed by atoms with van der Waals surface area (Å²) in [5, 5.41) is 7.28. The van der Waals surface area contributed by atoms with Crippen LogP contribution in [-0.4, -0.2) is 5.11 Å². The van der Waals surface area contributed by atoms with Crippen LogP contribution >= 0.6 is 28.1 Å². The molecule has 0 aliphatic heterocycles. The summed E-state index contributed by atoms with van der Waals surface area (Å²) in [4.78, 5) is 0. The SMILES string of the molecule is CCC(NC(=S)Nc1ccc(Br)cc1)c1ccc(C(C)C)cc1. The monoisotopic (exact) mass is 390 g/mol. The highest BCUT2D eigenvalue weighted by Gasteiger charge is 2.11. The maximum Gasteiger partial charge on any atom is 0.171 e. The fourth-order valence-electron chi connectivity index (χ4n) is 2.39. The molecule has 122 valence electrons. The minimum atomic E-state index is 0.215. The van der Waals surface area contributed by atoms with Crippen LogP contribution in [0.2, 0.25) is 0 Å². The van der Waals surface area contributed by atoms with Gasteiger partial charge in [-0.15, -0.1) is 0 Å². The van der Waals surface area contributed by atoms with Crippen LogP contribution in [0.25, 0.3) is 0 Å². The van der Waals surface area contributed by atoms with Gasteiger partial charge in [0, 0.05) is 10.2 Å². The van der Waals surface area contributed by atoms with E-state index in [1.165, 1.54) is 11.1 Å². The molecule has 0 amide bonds. The van der Waals surface area contributed by atoms with Gasteiger partial charge in [-0.1, -0.05) is 61.0 Å². The highest BCUT2D eigenvalue weighted by Crippen LogP contribution is 2.21. The molecular weight excluding hydrogens is 368 g/mol. The van der Waals surface area contributed by atoms with Crippen molar-refractivity contribution in [3.63, 3.8) is 0 Å². The first-order valence-corrected chi connectivity index (χ1v) is 9.12. The van der Waals surface area contributed by atoms with Gasteiger partial charge in [-0.25, -0.2) is 0 Å². The van der Waals surface area contributed by atoms with Gasteiger partial charge in [0.25, 0.3) is 0 Å². The smallest absolute Gasteiger partial charge is 0.171 e. The second-order valence-electron chi connectivity index (χ2n) is 5.89.